The second kappa shape index (κ2) is 10.2. The van der Waals surface area contributed by atoms with Crippen LogP contribution in [-0.2, 0) is 24.9 Å². The molecule has 1 saturated heterocycles. The number of alkyl halides is 1. The second-order valence-electron chi connectivity index (χ2n) is 10.2. The Labute approximate surface area is 205 Å². The van der Waals surface area contributed by atoms with E-state index in [9.17, 15) is 22.0 Å². The van der Waals surface area contributed by atoms with Crippen LogP contribution in [0, 0.1) is 17.7 Å². The number of aromatic nitrogens is 2. The molecule has 3 unspecified atom stereocenters. The van der Waals surface area contributed by atoms with Gasteiger partial charge in [-0.25, -0.2) is 36.7 Å². The highest BCUT2D eigenvalue weighted by Gasteiger charge is 2.66. The van der Waals surface area contributed by atoms with Gasteiger partial charge < -0.3 is 14.4 Å². The van der Waals surface area contributed by atoms with Gasteiger partial charge in [-0.15, -0.1) is 0 Å². The summed E-state index contributed by atoms with van der Waals surface area (Å²) in [6.07, 6.45) is 4.80. The Kier molecular flexibility index (Phi) is 7.63. The van der Waals surface area contributed by atoms with Gasteiger partial charge in [-0.3, -0.25) is 0 Å². The van der Waals surface area contributed by atoms with Crippen LogP contribution in [0.1, 0.15) is 58.7 Å². The van der Waals surface area contributed by atoms with Gasteiger partial charge in [0.25, 0.3) is 0 Å². The molecule has 1 aromatic rings. The number of halogens is 2. The second-order valence-corrected chi connectivity index (χ2v) is 11.9. The van der Waals surface area contributed by atoms with Crippen molar-refractivity contribution in [2.75, 3.05) is 19.2 Å². The molecule has 0 aromatic carbocycles. The van der Waals surface area contributed by atoms with E-state index >= 15 is 0 Å². The molecule has 1 N–H and O–H groups in total. The smallest absolute Gasteiger partial charge is 0.410 e. The first kappa shape index (κ1) is 26.2. The van der Waals surface area contributed by atoms with E-state index < -0.39 is 40.0 Å². The number of nitrogens with one attached hydrogen (secondary N) is 1. The van der Waals surface area contributed by atoms with E-state index in [0.29, 0.717) is 37.0 Å². The molecule has 196 valence electrons. The molecular weight excluding hydrogens is 482 g/mol. The Morgan fingerprint density at radius 3 is 2.66 bits per heavy atom. The zero-order valence-corrected chi connectivity index (χ0v) is 21.1. The van der Waals surface area contributed by atoms with E-state index in [1.165, 1.54) is 17.3 Å². The maximum absolute atomic E-state index is 13.3. The fourth-order valence-electron chi connectivity index (χ4n) is 5.93. The number of hydrogen-bond donors (Lipinski definition) is 1. The van der Waals surface area contributed by atoms with Gasteiger partial charge >= 0.3 is 6.09 Å². The minimum atomic E-state index is -4.11. The molecule has 35 heavy (non-hydrogen) atoms. The number of hydrogen-bond acceptors (Lipinski definition) is 7. The lowest BCUT2D eigenvalue weighted by molar-refractivity contribution is -0.0308. The topological polar surface area (TPSA) is 111 Å². The predicted octanol–water partition coefficient (Wildman–Crippen LogP) is 2.91. The van der Waals surface area contributed by atoms with Crippen LogP contribution in [0.15, 0.2) is 12.4 Å². The molecule has 1 aromatic heterocycles. The van der Waals surface area contributed by atoms with Crippen LogP contribution in [0.3, 0.4) is 0 Å². The molecular formula is C23H34F2N4O5S. The first-order valence-corrected chi connectivity index (χ1v) is 13.9. The third-order valence-electron chi connectivity index (χ3n) is 7.73. The van der Waals surface area contributed by atoms with Crippen molar-refractivity contribution in [2.24, 2.45) is 11.8 Å². The molecule has 0 radical (unpaired) electrons. The monoisotopic (exact) mass is 516 g/mol. The molecule has 6 atom stereocenters. The third kappa shape index (κ3) is 5.43. The number of amides is 1. The lowest BCUT2D eigenvalue weighted by Crippen LogP contribution is -2.59. The molecule has 3 fully saturated rings. The molecule has 2 saturated carbocycles. The SMILES string of the molecule is CC(C)OC(=O)N1CCCC(NS(=O)(=O)CF)C1CO[C@H]1CC[C@]2(c3ncc(F)cn3)C(C1)[C@@H]2C. The van der Waals surface area contributed by atoms with E-state index in [1.807, 2.05) is 0 Å². The fourth-order valence-corrected chi connectivity index (χ4v) is 6.73. The van der Waals surface area contributed by atoms with Crippen LogP contribution in [-0.4, -0.2) is 72.8 Å². The molecule has 12 heteroatoms. The van der Waals surface area contributed by atoms with Crippen molar-refractivity contribution in [3.05, 3.63) is 24.0 Å². The quantitative estimate of drug-likeness (QED) is 0.566. The summed E-state index contributed by atoms with van der Waals surface area (Å²) in [5.74, 6) is 0.863. The molecule has 1 amide bonds. The van der Waals surface area contributed by atoms with Crippen molar-refractivity contribution in [3.8, 4) is 0 Å². The number of sulfonamides is 1. The highest BCUT2D eigenvalue weighted by Crippen LogP contribution is 2.66. The molecule has 4 rings (SSSR count). The van der Waals surface area contributed by atoms with Crippen molar-refractivity contribution in [1.29, 1.82) is 0 Å². The van der Waals surface area contributed by atoms with Gasteiger partial charge in [-0.05, 0) is 57.8 Å². The first-order valence-electron chi connectivity index (χ1n) is 12.2. The minimum absolute atomic E-state index is 0.0816. The Bertz CT molecular complexity index is 1010. The van der Waals surface area contributed by atoms with Crippen LogP contribution in [0.2, 0.25) is 0 Å². The average molecular weight is 517 g/mol. The molecule has 2 aliphatic carbocycles. The normalized spacial score (nSPS) is 32.9. The van der Waals surface area contributed by atoms with Crippen LogP contribution < -0.4 is 4.72 Å². The maximum atomic E-state index is 13.3. The summed E-state index contributed by atoms with van der Waals surface area (Å²) < 4.78 is 64.2. The van der Waals surface area contributed by atoms with E-state index in [4.69, 9.17) is 9.47 Å². The first-order chi connectivity index (χ1) is 16.6. The minimum Gasteiger partial charge on any atom is -0.447 e. The van der Waals surface area contributed by atoms with Crippen molar-refractivity contribution in [2.45, 2.75) is 82.6 Å². The largest absolute Gasteiger partial charge is 0.447 e. The Hall–Kier alpha value is -1.92. The number of fused-ring (bicyclic) bond motifs is 1. The highest BCUT2D eigenvalue weighted by atomic mass is 32.2. The third-order valence-corrected chi connectivity index (χ3v) is 8.68. The van der Waals surface area contributed by atoms with Gasteiger partial charge in [0.15, 0.2) is 5.82 Å². The summed E-state index contributed by atoms with van der Waals surface area (Å²) in [6.45, 7) is 6.15. The molecule has 1 aliphatic heterocycles. The number of ether oxygens (including phenoxy) is 2. The molecule has 2 heterocycles. The lowest BCUT2D eigenvalue weighted by Gasteiger charge is -2.41. The van der Waals surface area contributed by atoms with Gasteiger partial charge in [-0.1, -0.05) is 6.92 Å². The number of piperidine rings is 1. The van der Waals surface area contributed by atoms with Crippen LogP contribution in [0.4, 0.5) is 13.6 Å². The zero-order valence-electron chi connectivity index (χ0n) is 20.3. The van der Waals surface area contributed by atoms with E-state index in [2.05, 4.69) is 21.6 Å². The molecule has 0 bridgehead atoms. The van der Waals surface area contributed by atoms with Crippen molar-refractivity contribution in [3.63, 3.8) is 0 Å². The van der Waals surface area contributed by atoms with Gasteiger partial charge in [0.05, 0.1) is 37.3 Å². The zero-order chi connectivity index (χ0) is 25.4. The van der Waals surface area contributed by atoms with Crippen molar-refractivity contribution in [1.82, 2.24) is 19.6 Å². The Morgan fingerprint density at radius 2 is 2.03 bits per heavy atom. The summed E-state index contributed by atoms with van der Waals surface area (Å²) in [4.78, 5) is 22.7. The van der Waals surface area contributed by atoms with Crippen molar-refractivity contribution >= 4 is 16.1 Å². The number of carbonyl (C=O) groups is 1. The van der Waals surface area contributed by atoms with Crippen molar-refractivity contribution < 1.29 is 31.5 Å². The van der Waals surface area contributed by atoms with Crippen LogP contribution >= 0.6 is 0 Å². The number of nitrogens with zero attached hydrogens (tertiary/aromatic N) is 3. The number of carbonyl (C=O) groups excluding carboxylic acids is 1. The summed E-state index contributed by atoms with van der Waals surface area (Å²) in [5, 5.41) is 0. The van der Waals surface area contributed by atoms with Crippen LogP contribution in [0.5, 0.6) is 0 Å². The standard InChI is InChI=1S/C23H34F2N4O5S/c1-14(2)34-22(30)29-8-4-5-19(28-35(31,32)13-24)20(29)12-33-17-6-7-23(15(3)18(23)9-17)21-26-10-16(25)11-27-21/h10-11,14-15,17-20,28H,4-9,12-13H2,1-3H3/t15-,17-,18?,19?,20?,23+/m0/s1. The van der Waals surface area contributed by atoms with Gasteiger partial charge in [0.2, 0.25) is 16.0 Å². The molecule has 9 nitrogen and oxygen atoms in total. The Balaban J connectivity index is 1.43. The summed E-state index contributed by atoms with van der Waals surface area (Å²) in [5.41, 5.74) is -0.162. The predicted molar refractivity (Wildman–Crippen MR) is 123 cm³/mol. The average Bonchev–Trinajstić information content (AvgIpc) is 3.42. The maximum Gasteiger partial charge on any atom is 0.410 e. The molecule has 0 spiro atoms. The number of rotatable bonds is 8. The van der Waals surface area contributed by atoms with Gasteiger partial charge in [-0.2, -0.15) is 0 Å². The van der Waals surface area contributed by atoms with E-state index in [1.54, 1.807) is 13.8 Å². The van der Waals surface area contributed by atoms with Gasteiger partial charge in [0.1, 0.15) is 5.82 Å². The van der Waals surface area contributed by atoms with E-state index in [-0.39, 0.29) is 24.2 Å². The Morgan fingerprint density at radius 1 is 1.31 bits per heavy atom. The summed E-state index contributed by atoms with van der Waals surface area (Å²) in [7, 11) is -4.11. The fraction of sp³-hybridized carbons (Fsp3) is 0.783. The molecule has 3 aliphatic rings. The highest BCUT2D eigenvalue weighted by molar-refractivity contribution is 7.89. The summed E-state index contributed by atoms with van der Waals surface area (Å²) >= 11 is 0. The van der Waals surface area contributed by atoms with Crippen LogP contribution in [0.25, 0.3) is 0 Å². The lowest BCUT2D eigenvalue weighted by atomic mass is 9.85. The van der Waals surface area contributed by atoms with Gasteiger partial charge in [0, 0.05) is 18.0 Å². The van der Waals surface area contributed by atoms with E-state index in [0.717, 1.165) is 19.3 Å². The number of likely N-dealkylation sites (tertiary alicyclic amines) is 1. The summed E-state index contributed by atoms with van der Waals surface area (Å²) in [6, 6.07) is -2.80.